The molecule has 12 nitrogen and oxygen atoms in total. The number of phenols is 2. The first kappa shape index (κ1) is 38.3. The van der Waals surface area contributed by atoms with Crippen LogP contribution in [0.4, 0.5) is 0 Å². The molecule has 0 atom stereocenters. The highest BCUT2D eigenvalue weighted by molar-refractivity contribution is 9.11. The molecule has 4 aromatic carbocycles. The summed E-state index contributed by atoms with van der Waals surface area (Å²) in [4.78, 5) is 25.9. The van der Waals surface area contributed by atoms with E-state index in [0.717, 1.165) is 5.56 Å². The number of aromatic hydroxyl groups is 2. The van der Waals surface area contributed by atoms with Gasteiger partial charge in [-0.15, -0.1) is 0 Å². The summed E-state index contributed by atoms with van der Waals surface area (Å²) in [5, 5.41) is 52.6. The highest BCUT2D eigenvalue weighted by Crippen LogP contribution is 2.44. The van der Waals surface area contributed by atoms with E-state index in [1.165, 1.54) is 12.3 Å². The van der Waals surface area contributed by atoms with Crippen molar-refractivity contribution in [3.8, 4) is 34.5 Å². The van der Waals surface area contributed by atoms with Gasteiger partial charge in [-0.2, -0.15) is 0 Å². The average Bonchev–Trinajstić information content (AvgIpc) is 3.08. The quantitative estimate of drug-likeness (QED) is 0.0747. The van der Waals surface area contributed by atoms with Crippen LogP contribution in [-0.4, -0.2) is 50.4 Å². The number of benzene rings is 4. The van der Waals surface area contributed by atoms with Crippen molar-refractivity contribution in [2.24, 2.45) is 10.3 Å². The van der Waals surface area contributed by atoms with Gasteiger partial charge in [-0.25, -0.2) is 0 Å². The van der Waals surface area contributed by atoms with Crippen molar-refractivity contribution in [3.05, 3.63) is 105 Å². The van der Waals surface area contributed by atoms with Crippen LogP contribution < -0.4 is 20.1 Å². The van der Waals surface area contributed by atoms with Gasteiger partial charge in [0.2, 0.25) is 0 Å². The van der Waals surface area contributed by atoms with Crippen molar-refractivity contribution in [1.82, 2.24) is 10.6 Å². The number of ether oxygens (including phenoxy) is 2. The lowest BCUT2D eigenvalue weighted by Crippen LogP contribution is -2.33. The van der Waals surface area contributed by atoms with Crippen LogP contribution in [-0.2, 0) is 28.9 Å². The third kappa shape index (κ3) is 9.51. The molecule has 4 aliphatic heterocycles. The first-order valence-electron chi connectivity index (χ1n) is 14.7. The van der Waals surface area contributed by atoms with Gasteiger partial charge in [0.1, 0.15) is 17.2 Å². The van der Waals surface area contributed by atoms with Gasteiger partial charge in [0.05, 0.1) is 22.4 Å². The standard InChI is InChI=1S/C34H25Br5N4O8/c35-20-7-16-1-2-27(20)50-28-14-17(8-21(36)30(28)44)4-6-41-33(46)25(42-48)12-18-10-23(38)32(24(39)11-18)51-29-15-19(9-22(37)31(29)45)13-26(43-49)34(47)40-5-3-16/h1-3,5,7-11,14-15,44-45,48-49H,4,6,12-13H2,(H,40,47)(H,41,46). The van der Waals surface area contributed by atoms with E-state index in [2.05, 4.69) is 101 Å². The number of amides is 2. The number of oxime groups is 2. The van der Waals surface area contributed by atoms with Crippen molar-refractivity contribution in [2.45, 2.75) is 19.3 Å². The molecule has 0 saturated carbocycles. The molecule has 6 N–H and O–H groups in total. The fraction of sp³-hybridized carbons (Fsp3) is 0.118. The van der Waals surface area contributed by atoms with Gasteiger partial charge in [0.15, 0.2) is 28.7 Å². The van der Waals surface area contributed by atoms with Gasteiger partial charge >= 0.3 is 0 Å². The Morgan fingerprint density at radius 2 is 1.18 bits per heavy atom. The summed E-state index contributed by atoms with van der Waals surface area (Å²) in [5.41, 5.74) is 2.11. The second-order valence-corrected chi connectivity index (χ2v) is 15.2. The Hall–Kier alpha value is -3.90. The summed E-state index contributed by atoms with van der Waals surface area (Å²) in [5.74, 6) is -0.735. The molecule has 2 amide bonds. The van der Waals surface area contributed by atoms with E-state index >= 15 is 0 Å². The molecule has 4 aromatic rings. The molecule has 17 heteroatoms. The molecule has 0 aromatic heterocycles. The molecule has 8 bridgehead atoms. The van der Waals surface area contributed by atoms with Crippen LogP contribution in [0.5, 0.6) is 34.5 Å². The maximum Gasteiger partial charge on any atom is 0.273 e. The Balaban J connectivity index is 1.50. The number of carbonyl (C=O) groups is 2. The summed E-state index contributed by atoms with van der Waals surface area (Å²) in [6.45, 7) is 0.180. The van der Waals surface area contributed by atoms with Gasteiger partial charge in [0, 0.05) is 25.6 Å². The zero-order valence-electron chi connectivity index (χ0n) is 25.9. The van der Waals surface area contributed by atoms with E-state index in [1.54, 1.807) is 54.6 Å². The largest absolute Gasteiger partial charge is 0.503 e. The molecule has 0 fully saturated rings. The fourth-order valence-corrected chi connectivity index (χ4v) is 7.73. The highest BCUT2D eigenvalue weighted by Gasteiger charge is 2.21. The predicted octanol–water partition coefficient (Wildman–Crippen LogP) is 8.70. The second kappa shape index (κ2) is 17.1. The first-order chi connectivity index (χ1) is 24.4. The molecule has 0 radical (unpaired) electrons. The van der Waals surface area contributed by atoms with Crippen LogP contribution in [0.3, 0.4) is 0 Å². The molecule has 0 spiro atoms. The van der Waals surface area contributed by atoms with Crippen molar-refractivity contribution >= 4 is 109 Å². The summed E-state index contributed by atoms with van der Waals surface area (Å²) in [6, 6.07) is 14.9. The molecule has 0 saturated heterocycles. The maximum absolute atomic E-state index is 13.0. The highest BCUT2D eigenvalue weighted by atomic mass is 79.9. The summed E-state index contributed by atoms with van der Waals surface area (Å²) in [6.07, 6.45) is 3.20. The molecular formula is C34H25Br5N4O8. The lowest BCUT2D eigenvalue weighted by Gasteiger charge is -2.15. The monoisotopic (exact) mass is 1010 g/mol. The minimum Gasteiger partial charge on any atom is -0.503 e. The van der Waals surface area contributed by atoms with E-state index in [0.29, 0.717) is 46.8 Å². The van der Waals surface area contributed by atoms with Gasteiger partial charge in [-0.3, -0.25) is 9.59 Å². The number of phenolic OH excluding ortho intramolecular Hbond substituents is 2. The maximum atomic E-state index is 13.0. The van der Waals surface area contributed by atoms with Crippen LogP contribution in [0.25, 0.3) is 6.08 Å². The molecule has 4 aliphatic rings. The van der Waals surface area contributed by atoms with Crippen LogP contribution >= 0.6 is 79.6 Å². The van der Waals surface area contributed by atoms with Crippen molar-refractivity contribution in [1.29, 1.82) is 0 Å². The molecule has 51 heavy (non-hydrogen) atoms. The Bertz CT molecular complexity index is 2100. The summed E-state index contributed by atoms with van der Waals surface area (Å²) >= 11 is 17.1. The van der Waals surface area contributed by atoms with E-state index < -0.39 is 11.8 Å². The number of nitrogens with zero attached hydrogens (tertiary/aromatic N) is 2. The zero-order chi connectivity index (χ0) is 36.8. The Morgan fingerprint density at radius 3 is 1.80 bits per heavy atom. The van der Waals surface area contributed by atoms with Crippen LogP contribution in [0, 0.1) is 0 Å². The lowest BCUT2D eigenvalue weighted by molar-refractivity contribution is -0.115. The van der Waals surface area contributed by atoms with Gasteiger partial charge in [0.25, 0.3) is 11.8 Å². The van der Waals surface area contributed by atoms with Crippen molar-refractivity contribution < 1.29 is 39.7 Å². The van der Waals surface area contributed by atoms with Crippen molar-refractivity contribution in [2.75, 3.05) is 6.54 Å². The van der Waals surface area contributed by atoms with E-state index in [-0.39, 0.29) is 64.0 Å². The normalized spacial score (nSPS) is 15.9. The second-order valence-electron chi connectivity index (χ2n) is 10.9. The molecule has 4 heterocycles. The SMILES string of the molecule is O=C1NC=Cc2ccc(c(Br)c2)Oc2cc(cc(Br)c2O)CCNC(=O)C(=NO)Cc2cc(Br)c(c(Br)c2)Oc2cc(cc(Br)c2O)CC1=NO. The molecular weight excluding hydrogens is 992 g/mol. The molecule has 0 aliphatic carbocycles. The number of carbonyl (C=O) groups excluding carboxylic acids is 2. The third-order valence-corrected chi connectivity index (χ3v) is 10.3. The molecule has 264 valence electrons. The van der Waals surface area contributed by atoms with Gasteiger partial charge in [-0.1, -0.05) is 16.4 Å². The first-order valence-corrected chi connectivity index (χ1v) is 18.7. The Labute approximate surface area is 332 Å². The number of hydrogen-bond acceptors (Lipinski definition) is 10. The number of rotatable bonds is 0. The van der Waals surface area contributed by atoms with Crippen LogP contribution in [0.15, 0.2) is 93.5 Å². The smallest absolute Gasteiger partial charge is 0.273 e. The van der Waals surface area contributed by atoms with Crippen molar-refractivity contribution in [3.63, 3.8) is 0 Å². The molecule has 0 unspecified atom stereocenters. The van der Waals surface area contributed by atoms with Crippen LogP contribution in [0.2, 0.25) is 0 Å². The van der Waals surface area contributed by atoms with E-state index in [9.17, 15) is 30.2 Å². The predicted molar refractivity (Wildman–Crippen MR) is 207 cm³/mol. The summed E-state index contributed by atoms with van der Waals surface area (Å²) in [7, 11) is 0. The Kier molecular flexibility index (Phi) is 12.8. The van der Waals surface area contributed by atoms with Gasteiger partial charge in [-0.05, 0) is 163 Å². The number of hydrogen-bond donors (Lipinski definition) is 6. The third-order valence-electron chi connectivity index (χ3n) is 7.32. The topological polar surface area (TPSA) is 182 Å². The van der Waals surface area contributed by atoms with Gasteiger partial charge < -0.3 is 40.7 Å². The van der Waals surface area contributed by atoms with E-state index in [1.807, 2.05) is 0 Å². The summed E-state index contributed by atoms with van der Waals surface area (Å²) < 4.78 is 14.2. The van der Waals surface area contributed by atoms with Crippen LogP contribution in [0.1, 0.15) is 22.3 Å². The average molecular weight is 1020 g/mol. The zero-order valence-corrected chi connectivity index (χ0v) is 33.8. The fourth-order valence-electron chi connectivity index (χ4n) is 4.83. The number of halogens is 5. The molecule has 8 rings (SSSR count). The minimum atomic E-state index is -0.672. The minimum absolute atomic E-state index is 0.0297. The number of nitrogens with one attached hydrogen (secondary N) is 2. The Morgan fingerprint density at radius 1 is 0.627 bits per heavy atom. The van der Waals surface area contributed by atoms with E-state index in [4.69, 9.17) is 9.47 Å². The lowest BCUT2D eigenvalue weighted by atomic mass is 10.1.